The van der Waals surface area contributed by atoms with Gasteiger partial charge in [-0.3, -0.25) is 4.79 Å². The molecular weight excluding hydrogens is 202 g/mol. The van der Waals surface area contributed by atoms with Gasteiger partial charge in [-0.2, -0.15) is 0 Å². The van der Waals surface area contributed by atoms with Crippen LogP contribution in [-0.4, -0.2) is 37.4 Å². The lowest BCUT2D eigenvalue weighted by molar-refractivity contribution is -0.135. The van der Waals surface area contributed by atoms with E-state index in [1.807, 2.05) is 0 Å². The summed E-state index contributed by atoms with van der Waals surface area (Å²) < 4.78 is 24.1. The predicted octanol–water partition coefficient (Wildman–Crippen LogP) is 1.23. The van der Waals surface area contributed by atoms with E-state index in [0.29, 0.717) is 13.0 Å². The molecular formula is C10H18F2N2O. The highest BCUT2D eigenvalue weighted by atomic mass is 19.3. The molecule has 0 radical (unpaired) electrons. The Morgan fingerprint density at radius 2 is 2.13 bits per heavy atom. The van der Waals surface area contributed by atoms with Crippen molar-refractivity contribution in [2.24, 2.45) is 11.1 Å². The Hall–Kier alpha value is -0.710. The summed E-state index contributed by atoms with van der Waals surface area (Å²) in [6.07, 6.45) is 0.819. The summed E-state index contributed by atoms with van der Waals surface area (Å²) >= 11 is 0. The Labute approximate surface area is 88.6 Å². The average Bonchev–Trinajstić information content (AvgIpc) is 2.09. The van der Waals surface area contributed by atoms with E-state index in [1.54, 1.807) is 0 Å². The standard InChI is InChI=1S/C10H18F2N2O/c1-14(6-8(11)12)9(15)5-10(7-13)3-2-4-10/h8H,2-7,13H2,1H3. The summed E-state index contributed by atoms with van der Waals surface area (Å²) in [6, 6.07) is 0. The molecule has 0 spiro atoms. The van der Waals surface area contributed by atoms with Crippen molar-refractivity contribution in [2.75, 3.05) is 20.1 Å². The van der Waals surface area contributed by atoms with Crippen LogP contribution in [0.25, 0.3) is 0 Å². The molecule has 0 heterocycles. The van der Waals surface area contributed by atoms with E-state index >= 15 is 0 Å². The minimum Gasteiger partial charge on any atom is -0.340 e. The van der Waals surface area contributed by atoms with Gasteiger partial charge in [0.15, 0.2) is 0 Å². The summed E-state index contributed by atoms with van der Waals surface area (Å²) in [5.41, 5.74) is 5.50. The zero-order valence-corrected chi connectivity index (χ0v) is 9.01. The van der Waals surface area contributed by atoms with E-state index in [-0.39, 0.29) is 11.3 Å². The number of hydrogen-bond acceptors (Lipinski definition) is 2. The van der Waals surface area contributed by atoms with Crippen molar-refractivity contribution in [1.82, 2.24) is 4.90 Å². The first-order valence-corrected chi connectivity index (χ1v) is 5.21. The number of halogens is 2. The number of carbonyl (C=O) groups is 1. The molecule has 0 unspecified atom stereocenters. The highest BCUT2D eigenvalue weighted by Gasteiger charge is 2.38. The third-order valence-corrected chi connectivity index (χ3v) is 3.21. The molecule has 0 atom stereocenters. The first-order valence-electron chi connectivity index (χ1n) is 5.21. The Balaban J connectivity index is 2.40. The predicted molar refractivity (Wildman–Crippen MR) is 53.6 cm³/mol. The van der Waals surface area contributed by atoms with Gasteiger partial charge in [0.1, 0.15) is 0 Å². The van der Waals surface area contributed by atoms with Gasteiger partial charge in [0.25, 0.3) is 6.43 Å². The van der Waals surface area contributed by atoms with Gasteiger partial charge in [-0.15, -0.1) is 0 Å². The van der Waals surface area contributed by atoms with Crippen molar-refractivity contribution in [3.8, 4) is 0 Å². The maximum absolute atomic E-state index is 12.0. The molecule has 0 aromatic rings. The zero-order chi connectivity index (χ0) is 11.5. The molecule has 0 saturated heterocycles. The molecule has 15 heavy (non-hydrogen) atoms. The Morgan fingerprint density at radius 3 is 2.47 bits per heavy atom. The van der Waals surface area contributed by atoms with Gasteiger partial charge in [-0.25, -0.2) is 8.78 Å². The van der Waals surface area contributed by atoms with Crippen LogP contribution in [-0.2, 0) is 4.79 Å². The van der Waals surface area contributed by atoms with Crippen molar-refractivity contribution in [2.45, 2.75) is 32.1 Å². The van der Waals surface area contributed by atoms with Gasteiger partial charge in [0, 0.05) is 13.5 Å². The first kappa shape index (κ1) is 12.4. The number of nitrogens with zero attached hydrogens (tertiary/aromatic N) is 1. The normalized spacial score (nSPS) is 18.7. The van der Waals surface area contributed by atoms with Crippen LogP contribution in [0.3, 0.4) is 0 Å². The molecule has 2 N–H and O–H groups in total. The van der Waals surface area contributed by atoms with Crippen molar-refractivity contribution >= 4 is 5.91 Å². The molecule has 1 aliphatic rings. The van der Waals surface area contributed by atoms with E-state index in [9.17, 15) is 13.6 Å². The lowest BCUT2D eigenvalue weighted by Gasteiger charge is -2.41. The molecule has 0 aromatic heterocycles. The lowest BCUT2D eigenvalue weighted by Crippen LogP contribution is -2.43. The number of nitrogens with two attached hydrogens (primary N) is 1. The molecule has 1 rings (SSSR count). The van der Waals surface area contributed by atoms with Gasteiger partial charge < -0.3 is 10.6 Å². The molecule has 88 valence electrons. The van der Waals surface area contributed by atoms with Crippen molar-refractivity contribution in [3.63, 3.8) is 0 Å². The van der Waals surface area contributed by atoms with Crippen LogP contribution < -0.4 is 5.73 Å². The summed E-state index contributed by atoms with van der Waals surface area (Å²) in [5, 5.41) is 0. The Bertz CT molecular complexity index is 224. The fourth-order valence-corrected chi connectivity index (χ4v) is 1.89. The molecule has 5 heteroatoms. The van der Waals surface area contributed by atoms with Gasteiger partial charge in [0.2, 0.25) is 5.91 Å². The van der Waals surface area contributed by atoms with Crippen LogP contribution >= 0.6 is 0 Å². The van der Waals surface area contributed by atoms with Crippen molar-refractivity contribution in [3.05, 3.63) is 0 Å². The Kier molecular flexibility index (Phi) is 4.02. The maximum Gasteiger partial charge on any atom is 0.255 e. The summed E-state index contributed by atoms with van der Waals surface area (Å²) in [5.74, 6) is -0.222. The minimum atomic E-state index is -2.46. The van der Waals surface area contributed by atoms with E-state index in [4.69, 9.17) is 5.73 Å². The maximum atomic E-state index is 12.0. The molecule has 0 bridgehead atoms. The summed E-state index contributed by atoms with van der Waals surface area (Å²) in [4.78, 5) is 12.7. The fourth-order valence-electron chi connectivity index (χ4n) is 1.89. The van der Waals surface area contributed by atoms with E-state index in [0.717, 1.165) is 24.2 Å². The van der Waals surface area contributed by atoms with Crippen LogP contribution in [0.4, 0.5) is 8.78 Å². The van der Waals surface area contributed by atoms with Crippen molar-refractivity contribution in [1.29, 1.82) is 0 Å². The van der Waals surface area contributed by atoms with Crippen LogP contribution in [0.5, 0.6) is 0 Å². The third kappa shape index (κ3) is 3.12. The number of rotatable bonds is 5. The second-order valence-electron chi connectivity index (χ2n) is 4.40. The fraction of sp³-hybridized carbons (Fsp3) is 0.900. The third-order valence-electron chi connectivity index (χ3n) is 3.21. The molecule has 3 nitrogen and oxygen atoms in total. The first-order chi connectivity index (χ1) is 6.99. The number of carbonyl (C=O) groups excluding carboxylic acids is 1. The summed E-state index contributed by atoms with van der Waals surface area (Å²) in [6.45, 7) is -0.0132. The molecule has 1 fully saturated rings. The molecule has 0 aromatic carbocycles. The molecule has 1 amide bonds. The van der Waals surface area contributed by atoms with Crippen LogP contribution in [0.1, 0.15) is 25.7 Å². The molecule has 1 saturated carbocycles. The van der Waals surface area contributed by atoms with Crippen LogP contribution in [0, 0.1) is 5.41 Å². The van der Waals surface area contributed by atoms with Crippen LogP contribution in [0.2, 0.25) is 0 Å². The number of hydrogen-bond donors (Lipinski definition) is 1. The summed E-state index contributed by atoms with van der Waals surface area (Å²) in [7, 11) is 1.41. The van der Waals surface area contributed by atoms with E-state index < -0.39 is 13.0 Å². The van der Waals surface area contributed by atoms with Crippen LogP contribution in [0.15, 0.2) is 0 Å². The Morgan fingerprint density at radius 1 is 1.53 bits per heavy atom. The quantitative estimate of drug-likeness (QED) is 0.757. The SMILES string of the molecule is CN(CC(F)F)C(=O)CC1(CN)CCC1. The highest BCUT2D eigenvalue weighted by molar-refractivity contribution is 5.76. The number of amides is 1. The van der Waals surface area contributed by atoms with E-state index in [1.165, 1.54) is 7.05 Å². The van der Waals surface area contributed by atoms with Gasteiger partial charge in [0.05, 0.1) is 6.54 Å². The average molecular weight is 220 g/mol. The van der Waals surface area contributed by atoms with E-state index in [2.05, 4.69) is 0 Å². The van der Waals surface area contributed by atoms with Crippen molar-refractivity contribution < 1.29 is 13.6 Å². The highest BCUT2D eigenvalue weighted by Crippen LogP contribution is 2.43. The zero-order valence-electron chi connectivity index (χ0n) is 9.01. The monoisotopic (exact) mass is 220 g/mol. The van der Waals surface area contributed by atoms with Gasteiger partial charge in [-0.1, -0.05) is 6.42 Å². The minimum absolute atomic E-state index is 0.104. The van der Waals surface area contributed by atoms with Gasteiger partial charge >= 0.3 is 0 Å². The van der Waals surface area contributed by atoms with Gasteiger partial charge in [-0.05, 0) is 24.8 Å². The lowest BCUT2D eigenvalue weighted by atomic mass is 9.66. The smallest absolute Gasteiger partial charge is 0.255 e. The molecule has 1 aliphatic carbocycles. The number of alkyl halides is 2. The topological polar surface area (TPSA) is 46.3 Å². The molecule has 0 aliphatic heterocycles. The second kappa shape index (κ2) is 4.88. The largest absolute Gasteiger partial charge is 0.340 e. The second-order valence-corrected chi connectivity index (χ2v) is 4.40.